The van der Waals surface area contributed by atoms with Crippen LogP contribution in [0.1, 0.15) is 37.7 Å². The molecule has 0 spiro atoms. The largest absolute Gasteiger partial charge is 0.397 e. The van der Waals surface area contributed by atoms with E-state index in [0.717, 1.165) is 49.3 Å². The molecular weight excluding hydrogens is 250 g/mol. The van der Waals surface area contributed by atoms with Crippen molar-refractivity contribution in [3.8, 4) is 0 Å². The van der Waals surface area contributed by atoms with Gasteiger partial charge in [0.25, 0.3) is 0 Å². The van der Waals surface area contributed by atoms with Crippen molar-refractivity contribution < 1.29 is 4.79 Å². The molecule has 4 heteroatoms. The number of nitrogen functional groups attached to an aromatic ring is 1. The molecule has 108 valence electrons. The third kappa shape index (κ3) is 3.24. The molecular formula is C16H23N3O. The quantitative estimate of drug-likeness (QED) is 0.808. The van der Waals surface area contributed by atoms with Crippen LogP contribution in [0.5, 0.6) is 0 Å². The molecule has 1 saturated heterocycles. The van der Waals surface area contributed by atoms with Crippen LogP contribution in [-0.4, -0.2) is 25.0 Å². The summed E-state index contributed by atoms with van der Waals surface area (Å²) in [7, 11) is 0. The van der Waals surface area contributed by atoms with Crippen LogP contribution < -0.4 is 16.0 Å². The zero-order valence-corrected chi connectivity index (χ0v) is 11.9. The fraction of sp³-hybridized carbons (Fsp3) is 0.562. The number of nitrogens with two attached hydrogens (primary N) is 1. The second-order valence-electron chi connectivity index (χ2n) is 5.93. The molecule has 4 nitrogen and oxygen atoms in total. The van der Waals surface area contributed by atoms with Gasteiger partial charge in [-0.2, -0.15) is 0 Å². The zero-order chi connectivity index (χ0) is 13.9. The third-order valence-corrected chi connectivity index (χ3v) is 4.12. The highest BCUT2D eigenvalue weighted by molar-refractivity contribution is 5.77. The minimum atomic E-state index is 0.162. The van der Waals surface area contributed by atoms with Crippen LogP contribution in [0, 0.1) is 0 Å². The van der Waals surface area contributed by atoms with E-state index < -0.39 is 0 Å². The molecule has 1 aromatic carbocycles. The maximum atomic E-state index is 11.7. The topological polar surface area (TPSA) is 58.4 Å². The first-order valence-electron chi connectivity index (χ1n) is 7.65. The molecule has 2 fully saturated rings. The maximum Gasteiger partial charge on any atom is 0.220 e. The molecule has 1 aromatic rings. The molecule has 0 unspecified atom stereocenters. The number of rotatable bonds is 5. The van der Waals surface area contributed by atoms with Gasteiger partial charge in [0.05, 0.1) is 11.4 Å². The smallest absolute Gasteiger partial charge is 0.220 e. The average Bonchev–Trinajstić information content (AvgIpc) is 3.07. The lowest BCUT2D eigenvalue weighted by Gasteiger charge is -2.20. The molecule has 1 amide bonds. The number of amides is 1. The van der Waals surface area contributed by atoms with E-state index in [1.807, 2.05) is 6.07 Å². The summed E-state index contributed by atoms with van der Waals surface area (Å²) < 4.78 is 0. The van der Waals surface area contributed by atoms with Gasteiger partial charge in [0.15, 0.2) is 0 Å². The number of hydrogen-bond acceptors (Lipinski definition) is 3. The highest BCUT2D eigenvalue weighted by Gasteiger charge is 2.22. The molecule has 3 N–H and O–H groups in total. The van der Waals surface area contributed by atoms with E-state index in [0.29, 0.717) is 12.5 Å². The van der Waals surface area contributed by atoms with Crippen molar-refractivity contribution in [1.82, 2.24) is 5.32 Å². The fourth-order valence-corrected chi connectivity index (χ4v) is 2.79. The van der Waals surface area contributed by atoms with E-state index in [1.165, 1.54) is 12.8 Å². The molecule has 2 aliphatic rings. The lowest BCUT2D eigenvalue weighted by molar-refractivity contribution is -0.121. The molecule has 1 saturated carbocycles. The Kier molecular flexibility index (Phi) is 3.81. The van der Waals surface area contributed by atoms with Gasteiger partial charge in [-0.15, -0.1) is 0 Å². The normalized spacial score (nSPS) is 18.3. The SMILES string of the molecule is Nc1cc(CCC(=O)NC2CC2)ccc1N1CCCC1. The Morgan fingerprint density at radius 1 is 1.30 bits per heavy atom. The van der Waals surface area contributed by atoms with E-state index in [9.17, 15) is 4.79 Å². The summed E-state index contributed by atoms with van der Waals surface area (Å²) in [6.45, 7) is 2.21. The molecule has 20 heavy (non-hydrogen) atoms. The summed E-state index contributed by atoms with van der Waals surface area (Å²) in [5, 5.41) is 3.02. The number of nitrogens with zero attached hydrogens (tertiary/aromatic N) is 1. The summed E-state index contributed by atoms with van der Waals surface area (Å²) in [5.74, 6) is 0.162. The summed E-state index contributed by atoms with van der Waals surface area (Å²) in [5.41, 5.74) is 9.29. The Morgan fingerprint density at radius 2 is 2.05 bits per heavy atom. The van der Waals surface area contributed by atoms with Gasteiger partial charge in [-0.3, -0.25) is 4.79 Å². The first kappa shape index (κ1) is 13.3. The van der Waals surface area contributed by atoms with Gasteiger partial charge in [0.1, 0.15) is 0 Å². The van der Waals surface area contributed by atoms with Crippen LogP contribution in [0.15, 0.2) is 18.2 Å². The molecule has 1 aliphatic carbocycles. The minimum absolute atomic E-state index is 0.162. The lowest BCUT2D eigenvalue weighted by atomic mass is 10.1. The van der Waals surface area contributed by atoms with Crippen LogP contribution in [0.25, 0.3) is 0 Å². The van der Waals surface area contributed by atoms with Crippen LogP contribution in [-0.2, 0) is 11.2 Å². The van der Waals surface area contributed by atoms with E-state index in [-0.39, 0.29) is 5.91 Å². The van der Waals surface area contributed by atoms with Crippen molar-refractivity contribution in [2.24, 2.45) is 0 Å². The number of carbonyl (C=O) groups is 1. The summed E-state index contributed by atoms with van der Waals surface area (Å²) in [6, 6.07) is 6.69. The number of benzene rings is 1. The van der Waals surface area contributed by atoms with Crippen LogP contribution in [0.2, 0.25) is 0 Å². The van der Waals surface area contributed by atoms with Gasteiger partial charge in [-0.25, -0.2) is 0 Å². The number of carbonyl (C=O) groups excluding carboxylic acids is 1. The lowest BCUT2D eigenvalue weighted by Crippen LogP contribution is -2.25. The van der Waals surface area contributed by atoms with Gasteiger partial charge < -0.3 is 16.0 Å². The zero-order valence-electron chi connectivity index (χ0n) is 11.9. The first-order valence-corrected chi connectivity index (χ1v) is 7.65. The van der Waals surface area contributed by atoms with Gasteiger partial charge in [0, 0.05) is 25.6 Å². The standard InChI is InChI=1S/C16H23N3O/c17-14-11-12(4-8-16(20)18-13-5-6-13)3-7-15(14)19-9-1-2-10-19/h3,7,11,13H,1-2,4-6,8-10,17H2,(H,18,20). The Labute approximate surface area is 120 Å². The highest BCUT2D eigenvalue weighted by Crippen LogP contribution is 2.28. The van der Waals surface area contributed by atoms with Crippen molar-refractivity contribution in [2.45, 2.75) is 44.6 Å². The first-order chi connectivity index (χ1) is 9.72. The number of aryl methyl sites for hydroxylation is 1. The molecule has 0 radical (unpaired) electrons. The van der Waals surface area contributed by atoms with E-state index >= 15 is 0 Å². The minimum Gasteiger partial charge on any atom is -0.397 e. The molecule has 0 bridgehead atoms. The van der Waals surface area contributed by atoms with Gasteiger partial charge in [-0.05, 0) is 49.8 Å². The molecule has 0 atom stereocenters. The van der Waals surface area contributed by atoms with Crippen LogP contribution in [0.4, 0.5) is 11.4 Å². The third-order valence-electron chi connectivity index (χ3n) is 4.12. The Bertz CT molecular complexity index is 490. The van der Waals surface area contributed by atoms with Crippen molar-refractivity contribution in [3.05, 3.63) is 23.8 Å². The fourth-order valence-electron chi connectivity index (χ4n) is 2.79. The van der Waals surface area contributed by atoms with E-state index in [1.54, 1.807) is 0 Å². The summed E-state index contributed by atoms with van der Waals surface area (Å²) in [4.78, 5) is 14.0. The van der Waals surface area contributed by atoms with Crippen LogP contribution in [0.3, 0.4) is 0 Å². The second-order valence-corrected chi connectivity index (χ2v) is 5.93. The number of hydrogen-bond donors (Lipinski definition) is 2. The van der Waals surface area contributed by atoms with Crippen molar-refractivity contribution >= 4 is 17.3 Å². The summed E-state index contributed by atoms with van der Waals surface area (Å²) >= 11 is 0. The van der Waals surface area contributed by atoms with Crippen molar-refractivity contribution in [1.29, 1.82) is 0 Å². The highest BCUT2D eigenvalue weighted by atomic mass is 16.1. The predicted octanol–water partition coefficient (Wildman–Crippen LogP) is 2.08. The Morgan fingerprint density at radius 3 is 2.70 bits per heavy atom. The molecule has 3 rings (SSSR count). The van der Waals surface area contributed by atoms with Gasteiger partial charge in [0.2, 0.25) is 5.91 Å². The van der Waals surface area contributed by atoms with E-state index in [4.69, 9.17) is 5.73 Å². The van der Waals surface area contributed by atoms with Crippen molar-refractivity contribution in [2.75, 3.05) is 23.7 Å². The number of nitrogens with one attached hydrogen (secondary N) is 1. The average molecular weight is 273 g/mol. The molecule has 1 heterocycles. The predicted molar refractivity (Wildman–Crippen MR) is 81.8 cm³/mol. The monoisotopic (exact) mass is 273 g/mol. The van der Waals surface area contributed by atoms with Crippen molar-refractivity contribution in [3.63, 3.8) is 0 Å². The Balaban J connectivity index is 1.56. The molecule has 0 aromatic heterocycles. The van der Waals surface area contributed by atoms with E-state index in [2.05, 4.69) is 22.3 Å². The second kappa shape index (κ2) is 5.73. The van der Waals surface area contributed by atoms with Crippen LogP contribution >= 0.6 is 0 Å². The maximum absolute atomic E-state index is 11.7. The van der Waals surface area contributed by atoms with Gasteiger partial charge in [-0.1, -0.05) is 6.07 Å². The summed E-state index contributed by atoms with van der Waals surface area (Å²) in [6.07, 6.45) is 6.11. The number of anilines is 2. The molecule has 1 aliphatic heterocycles. The van der Waals surface area contributed by atoms with Gasteiger partial charge >= 0.3 is 0 Å². The Hall–Kier alpha value is -1.71.